The monoisotopic (exact) mass is 216 g/mol. The molecule has 0 aliphatic heterocycles. The van der Waals surface area contributed by atoms with Gasteiger partial charge in [-0.05, 0) is 42.2 Å². The first-order valence-electron chi connectivity index (χ1n) is 6.08. The van der Waals surface area contributed by atoms with Gasteiger partial charge in [0.2, 0.25) is 0 Å². The summed E-state index contributed by atoms with van der Waals surface area (Å²) in [4.78, 5) is 11.2. The minimum atomic E-state index is -0.595. The molecule has 2 aliphatic carbocycles. The van der Waals surface area contributed by atoms with Crippen molar-refractivity contribution in [3.8, 4) is 0 Å². The summed E-state index contributed by atoms with van der Waals surface area (Å²) in [6.45, 7) is 0. The zero-order valence-corrected chi connectivity index (χ0v) is 9.23. The Hall–Kier alpha value is -1.31. The lowest BCUT2D eigenvalue weighted by Gasteiger charge is -2.31. The molecule has 0 amide bonds. The van der Waals surface area contributed by atoms with Gasteiger partial charge in [-0.15, -0.1) is 0 Å². The van der Waals surface area contributed by atoms with Gasteiger partial charge in [-0.25, -0.2) is 0 Å². The molecule has 0 heterocycles. The molecule has 2 nitrogen and oxygen atoms in total. The van der Waals surface area contributed by atoms with Crippen molar-refractivity contribution < 1.29 is 9.90 Å². The van der Waals surface area contributed by atoms with Crippen molar-refractivity contribution in [2.75, 3.05) is 0 Å². The number of carboxylic acid groups (broad SMARTS) is 1. The Kier molecular flexibility index (Phi) is 2.23. The molecule has 1 aromatic rings. The number of rotatable bonds is 1. The molecule has 3 atom stereocenters. The Morgan fingerprint density at radius 3 is 2.88 bits per heavy atom. The molecule has 16 heavy (non-hydrogen) atoms. The summed E-state index contributed by atoms with van der Waals surface area (Å²) in [5, 5.41) is 9.26. The van der Waals surface area contributed by atoms with Crippen molar-refractivity contribution in [3.05, 3.63) is 35.4 Å². The van der Waals surface area contributed by atoms with Crippen LogP contribution in [0.4, 0.5) is 0 Å². The quantitative estimate of drug-likeness (QED) is 0.783. The van der Waals surface area contributed by atoms with Gasteiger partial charge in [0.15, 0.2) is 0 Å². The van der Waals surface area contributed by atoms with Gasteiger partial charge >= 0.3 is 5.97 Å². The van der Waals surface area contributed by atoms with Gasteiger partial charge in [-0.3, -0.25) is 4.79 Å². The molecule has 0 saturated heterocycles. The molecule has 2 heteroatoms. The van der Waals surface area contributed by atoms with E-state index in [1.807, 2.05) is 0 Å². The molecular weight excluding hydrogens is 200 g/mol. The Bertz CT molecular complexity index is 424. The Morgan fingerprint density at radius 1 is 1.25 bits per heavy atom. The lowest BCUT2D eigenvalue weighted by molar-refractivity contribution is -0.145. The zero-order valence-electron chi connectivity index (χ0n) is 9.23. The second-order valence-electron chi connectivity index (χ2n) is 5.05. The maximum absolute atomic E-state index is 11.2. The molecule has 1 fully saturated rings. The van der Waals surface area contributed by atoms with Gasteiger partial charge in [0.1, 0.15) is 0 Å². The van der Waals surface area contributed by atoms with Crippen LogP contribution in [0.25, 0.3) is 0 Å². The van der Waals surface area contributed by atoms with Crippen LogP contribution in [0.1, 0.15) is 36.3 Å². The Morgan fingerprint density at radius 2 is 2.06 bits per heavy atom. The molecule has 3 unspecified atom stereocenters. The van der Waals surface area contributed by atoms with E-state index in [9.17, 15) is 9.90 Å². The summed E-state index contributed by atoms with van der Waals surface area (Å²) in [6.07, 6.45) is 4.07. The average molecular weight is 216 g/mol. The minimum Gasteiger partial charge on any atom is -0.481 e. The van der Waals surface area contributed by atoms with Crippen molar-refractivity contribution in [2.24, 2.45) is 11.8 Å². The van der Waals surface area contributed by atoms with Crippen LogP contribution in [-0.4, -0.2) is 11.1 Å². The standard InChI is InChI=1S/C14H16O2/c15-14(16)12-7-3-6-11-10-5-2-1-4-9(10)8-13(11)12/h1-2,4-5,11-13H,3,6-8H2,(H,15,16). The maximum Gasteiger partial charge on any atom is 0.306 e. The van der Waals surface area contributed by atoms with Gasteiger partial charge < -0.3 is 5.11 Å². The lowest BCUT2D eigenvalue weighted by atomic mass is 9.72. The molecule has 0 radical (unpaired) electrons. The molecule has 2 aliphatic rings. The van der Waals surface area contributed by atoms with E-state index < -0.39 is 5.97 Å². The van der Waals surface area contributed by atoms with Crippen molar-refractivity contribution in [1.82, 2.24) is 0 Å². The smallest absolute Gasteiger partial charge is 0.306 e. The Balaban J connectivity index is 1.96. The number of hydrogen-bond acceptors (Lipinski definition) is 1. The second kappa shape index (κ2) is 3.62. The van der Waals surface area contributed by atoms with E-state index in [1.165, 1.54) is 17.5 Å². The summed E-state index contributed by atoms with van der Waals surface area (Å²) in [5.74, 6) is 0.142. The SMILES string of the molecule is O=C(O)C1CCCC2c3ccccc3CC12. The van der Waals surface area contributed by atoms with Crippen LogP contribution >= 0.6 is 0 Å². The number of fused-ring (bicyclic) bond motifs is 3. The zero-order chi connectivity index (χ0) is 11.1. The van der Waals surface area contributed by atoms with Gasteiger partial charge in [-0.2, -0.15) is 0 Å². The minimum absolute atomic E-state index is 0.119. The maximum atomic E-state index is 11.2. The molecule has 0 bridgehead atoms. The molecule has 0 spiro atoms. The van der Waals surface area contributed by atoms with E-state index in [-0.39, 0.29) is 5.92 Å². The fourth-order valence-corrected chi connectivity index (χ4v) is 3.58. The number of carboxylic acids is 1. The van der Waals surface area contributed by atoms with Crippen molar-refractivity contribution in [3.63, 3.8) is 0 Å². The van der Waals surface area contributed by atoms with Crippen LogP contribution in [0, 0.1) is 11.8 Å². The van der Waals surface area contributed by atoms with Crippen LogP contribution < -0.4 is 0 Å². The van der Waals surface area contributed by atoms with Crippen LogP contribution in [-0.2, 0) is 11.2 Å². The van der Waals surface area contributed by atoms with E-state index in [1.54, 1.807) is 0 Å². The second-order valence-corrected chi connectivity index (χ2v) is 5.05. The normalized spacial score (nSPS) is 31.9. The summed E-state index contributed by atoms with van der Waals surface area (Å²) >= 11 is 0. The third-order valence-electron chi connectivity index (χ3n) is 4.29. The molecule has 3 rings (SSSR count). The average Bonchev–Trinajstić information content (AvgIpc) is 2.67. The largest absolute Gasteiger partial charge is 0.481 e. The molecule has 0 aromatic heterocycles. The fourth-order valence-electron chi connectivity index (χ4n) is 3.58. The molecule has 1 N–H and O–H groups in total. The lowest BCUT2D eigenvalue weighted by Crippen LogP contribution is -2.30. The van der Waals surface area contributed by atoms with Crippen LogP contribution in [0.2, 0.25) is 0 Å². The van der Waals surface area contributed by atoms with Gasteiger partial charge in [0.05, 0.1) is 5.92 Å². The van der Waals surface area contributed by atoms with Crippen LogP contribution in [0.5, 0.6) is 0 Å². The molecule has 84 valence electrons. The Labute approximate surface area is 95.3 Å². The summed E-state index contributed by atoms with van der Waals surface area (Å²) in [5.41, 5.74) is 2.80. The first kappa shape index (κ1) is 9.88. The van der Waals surface area contributed by atoms with Gasteiger partial charge in [-0.1, -0.05) is 30.7 Å². The summed E-state index contributed by atoms with van der Waals surface area (Å²) in [7, 11) is 0. The fraction of sp³-hybridized carbons (Fsp3) is 0.500. The van der Waals surface area contributed by atoms with Crippen molar-refractivity contribution >= 4 is 5.97 Å². The number of hydrogen-bond donors (Lipinski definition) is 1. The highest BCUT2D eigenvalue weighted by Gasteiger charge is 2.42. The number of benzene rings is 1. The van der Waals surface area contributed by atoms with Crippen molar-refractivity contribution in [2.45, 2.75) is 31.6 Å². The van der Waals surface area contributed by atoms with E-state index in [0.717, 1.165) is 19.3 Å². The predicted molar refractivity (Wildman–Crippen MR) is 61.4 cm³/mol. The third-order valence-corrected chi connectivity index (χ3v) is 4.29. The highest BCUT2D eigenvalue weighted by molar-refractivity contribution is 5.71. The number of aliphatic carboxylic acids is 1. The topological polar surface area (TPSA) is 37.3 Å². The molecule has 1 aromatic carbocycles. The van der Waals surface area contributed by atoms with Gasteiger partial charge in [0, 0.05) is 0 Å². The highest BCUT2D eigenvalue weighted by atomic mass is 16.4. The van der Waals surface area contributed by atoms with E-state index in [4.69, 9.17) is 0 Å². The predicted octanol–water partition coefficient (Wildman–Crippen LogP) is 2.83. The van der Waals surface area contributed by atoms with Crippen LogP contribution in [0.3, 0.4) is 0 Å². The van der Waals surface area contributed by atoms with E-state index in [0.29, 0.717) is 11.8 Å². The van der Waals surface area contributed by atoms with Crippen molar-refractivity contribution in [1.29, 1.82) is 0 Å². The highest BCUT2D eigenvalue weighted by Crippen LogP contribution is 2.49. The van der Waals surface area contributed by atoms with E-state index in [2.05, 4.69) is 24.3 Å². The number of carbonyl (C=O) groups is 1. The van der Waals surface area contributed by atoms with Crippen LogP contribution in [0.15, 0.2) is 24.3 Å². The van der Waals surface area contributed by atoms with E-state index >= 15 is 0 Å². The van der Waals surface area contributed by atoms with Gasteiger partial charge in [0.25, 0.3) is 0 Å². The molecular formula is C14H16O2. The molecule has 1 saturated carbocycles. The summed E-state index contributed by atoms with van der Waals surface area (Å²) in [6, 6.07) is 8.48. The third kappa shape index (κ3) is 1.36. The summed E-state index contributed by atoms with van der Waals surface area (Å²) < 4.78 is 0. The first-order valence-corrected chi connectivity index (χ1v) is 6.08. The first-order chi connectivity index (χ1) is 7.77.